The molecule has 2 N–H and O–H groups in total. The van der Waals surface area contributed by atoms with Crippen molar-refractivity contribution in [3.05, 3.63) is 33.9 Å². The minimum atomic E-state index is -1.08. The molecule has 0 unspecified atom stereocenters. The number of carboxylic acids is 1. The number of anilines is 1. The molecule has 2 rings (SSSR count). The van der Waals surface area contributed by atoms with Crippen LogP contribution in [0.25, 0.3) is 0 Å². The van der Waals surface area contributed by atoms with Gasteiger partial charge in [-0.15, -0.1) is 0 Å². The third-order valence-corrected chi connectivity index (χ3v) is 4.51. The first kappa shape index (κ1) is 15.3. The Bertz CT molecular complexity index is 551. The molecule has 6 nitrogen and oxygen atoms in total. The Hall–Kier alpha value is -2.11. The van der Waals surface area contributed by atoms with Crippen LogP contribution in [0.3, 0.4) is 0 Å². The molecule has 1 aromatic rings. The van der Waals surface area contributed by atoms with Gasteiger partial charge in [-0.2, -0.15) is 0 Å². The lowest BCUT2D eigenvalue weighted by atomic mass is 9.83. The van der Waals surface area contributed by atoms with Crippen molar-refractivity contribution in [2.24, 2.45) is 5.41 Å². The summed E-state index contributed by atoms with van der Waals surface area (Å²) in [5, 5.41) is 23.2. The SMILES string of the molecule is CCC1(CNc2cc([N+](=O)[O-])ccc2C(=O)O)CCCC1. The molecular weight excluding hydrogens is 272 g/mol. The summed E-state index contributed by atoms with van der Waals surface area (Å²) in [5.74, 6) is -1.08. The first-order valence-corrected chi connectivity index (χ1v) is 7.23. The molecule has 0 atom stereocenters. The molecule has 0 amide bonds. The summed E-state index contributed by atoms with van der Waals surface area (Å²) in [6, 6.07) is 3.82. The largest absolute Gasteiger partial charge is 0.478 e. The van der Waals surface area contributed by atoms with Crippen molar-refractivity contribution in [3.8, 4) is 0 Å². The first-order valence-electron chi connectivity index (χ1n) is 7.23. The van der Waals surface area contributed by atoms with Crippen LogP contribution in [0.4, 0.5) is 11.4 Å². The number of carboxylic acid groups (broad SMARTS) is 1. The van der Waals surface area contributed by atoms with E-state index >= 15 is 0 Å². The zero-order valence-corrected chi connectivity index (χ0v) is 12.1. The van der Waals surface area contributed by atoms with Gasteiger partial charge in [-0.05, 0) is 30.7 Å². The molecule has 0 spiro atoms. The van der Waals surface area contributed by atoms with Gasteiger partial charge in [0.15, 0.2) is 0 Å². The third kappa shape index (κ3) is 3.32. The van der Waals surface area contributed by atoms with Gasteiger partial charge in [0.25, 0.3) is 5.69 Å². The first-order chi connectivity index (χ1) is 9.97. The molecule has 114 valence electrons. The fourth-order valence-corrected chi connectivity index (χ4v) is 3.04. The molecular formula is C15H20N2O4. The lowest BCUT2D eigenvalue weighted by molar-refractivity contribution is -0.384. The van der Waals surface area contributed by atoms with Gasteiger partial charge in [0, 0.05) is 18.7 Å². The van der Waals surface area contributed by atoms with Gasteiger partial charge in [0.1, 0.15) is 0 Å². The van der Waals surface area contributed by atoms with E-state index < -0.39 is 10.9 Å². The Morgan fingerprint density at radius 2 is 2.10 bits per heavy atom. The van der Waals surface area contributed by atoms with Gasteiger partial charge >= 0.3 is 5.97 Å². The van der Waals surface area contributed by atoms with E-state index in [1.807, 2.05) is 0 Å². The van der Waals surface area contributed by atoms with Crippen molar-refractivity contribution in [2.75, 3.05) is 11.9 Å². The van der Waals surface area contributed by atoms with Crippen LogP contribution in [0.2, 0.25) is 0 Å². The number of carbonyl (C=O) groups is 1. The van der Waals surface area contributed by atoms with E-state index in [1.54, 1.807) is 0 Å². The molecule has 21 heavy (non-hydrogen) atoms. The highest BCUT2D eigenvalue weighted by Crippen LogP contribution is 2.41. The summed E-state index contributed by atoms with van der Waals surface area (Å²) in [5.41, 5.74) is 0.487. The fraction of sp³-hybridized carbons (Fsp3) is 0.533. The van der Waals surface area contributed by atoms with E-state index in [1.165, 1.54) is 31.0 Å². The Balaban J connectivity index is 2.22. The summed E-state index contributed by atoms with van der Waals surface area (Å²) in [6.07, 6.45) is 5.64. The maximum Gasteiger partial charge on any atom is 0.337 e. The lowest BCUT2D eigenvalue weighted by Crippen LogP contribution is -2.26. The molecule has 0 aromatic heterocycles. The van der Waals surface area contributed by atoms with Crippen molar-refractivity contribution >= 4 is 17.3 Å². The van der Waals surface area contributed by atoms with Crippen LogP contribution < -0.4 is 5.32 Å². The molecule has 1 aromatic carbocycles. The van der Waals surface area contributed by atoms with Gasteiger partial charge in [-0.3, -0.25) is 10.1 Å². The number of rotatable bonds is 6. The zero-order valence-electron chi connectivity index (χ0n) is 12.1. The van der Waals surface area contributed by atoms with Gasteiger partial charge in [0.05, 0.1) is 16.2 Å². The Kier molecular flexibility index (Phi) is 4.45. The number of hydrogen-bond donors (Lipinski definition) is 2. The topological polar surface area (TPSA) is 92.5 Å². The van der Waals surface area contributed by atoms with Crippen LogP contribution in [0.15, 0.2) is 18.2 Å². The average molecular weight is 292 g/mol. The zero-order chi connectivity index (χ0) is 15.5. The highest BCUT2D eigenvalue weighted by atomic mass is 16.6. The highest BCUT2D eigenvalue weighted by Gasteiger charge is 2.32. The van der Waals surface area contributed by atoms with Crippen molar-refractivity contribution < 1.29 is 14.8 Å². The fourth-order valence-electron chi connectivity index (χ4n) is 3.04. The minimum absolute atomic E-state index is 0.0739. The highest BCUT2D eigenvalue weighted by molar-refractivity contribution is 5.94. The molecule has 1 aliphatic carbocycles. The summed E-state index contributed by atoms with van der Waals surface area (Å²) < 4.78 is 0. The minimum Gasteiger partial charge on any atom is -0.478 e. The second kappa shape index (κ2) is 6.11. The predicted octanol–water partition coefficient (Wildman–Crippen LogP) is 3.68. The predicted molar refractivity (Wildman–Crippen MR) is 79.7 cm³/mol. The van der Waals surface area contributed by atoms with E-state index in [-0.39, 0.29) is 16.7 Å². The van der Waals surface area contributed by atoms with Crippen LogP contribution in [0.5, 0.6) is 0 Å². The Labute approximate surface area is 123 Å². The second-order valence-electron chi connectivity index (χ2n) is 5.71. The molecule has 1 aliphatic rings. The number of nitro benzene ring substituents is 1. The van der Waals surface area contributed by atoms with Crippen LogP contribution in [-0.2, 0) is 0 Å². The van der Waals surface area contributed by atoms with Crippen molar-refractivity contribution in [3.63, 3.8) is 0 Å². The molecule has 0 saturated heterocycles. The second-order valence-corrected chi connectivity index (χ2v) is 5.71. The number of benzene rings is 1. The smallest absolute Gasteiger partial charge is 0.337 e. The van der Waals surface area contributed by atoms with Crippen LogP contribution in [-0.4, -0.2) is 22.5 Å². The summed E-state index contributed by atoms with van der Waals surface area (Å²) >= 11 is 0. The van der Waals surface area contributed by atoms with E-state index in [2.05, 4.69) is 12.2 Å². The van der Waals surface area contributed by atoms with Crippen molar-refractivity contribution in [1.29, 1.82) is 0 Å². The molecule has 6 heteroatoms. The number of aromatic carboxylic acids is 1. The van der Waals surface area contributed by atoms with Crippen LogP contribution in [0, 0.1) is 15.5 Å². The number of nitro groups is 1. The third-order valence-electron chi connectivity index (χ3n) is 4.51. The molecule has 0 heterocycles. The quantitative estimate of drug-likeness (QED) is 0.616. The Morgan fingerprint density at radius 3 is 2.62 bits per heavy atom. The summed E-state index contributed by atoms with van der Waals surface area (Å²) in [4.78, 5) is 21.6. The molecule has 1 fully saturated rings. The maximum absolute atomic E-state index is 11.2. The Morgan fingerprint density at radius 1 is 1.43 bits per heavy atom. The average Bonchev–Trinajstić information content (AvgIpc) is 2.94. The van der Waals surface area contributed by atoms with E-state index in [0.29, 0.717) is 12.2 Å². The standard InChI is InChI=1S/C15H20N2O4/c1-2-15(7-3-4-8-15)10-16-13-9-11(17(20)21)5-6-12(13)14(18)19/h5-6,9,16H,2-4,7-8,10H2,1H3,(H,18,19). The van der Waals surface area contributed by atoms with Gasteiger partial charge in [0.2, 0.25) is 0 Å². The van der Waals surface area contributed by atoms with Crippen molar-refractivity contribution in [1.82, 2.24) is 0 Å². The summed E-state index contributed by atoms with van der Waals surface area (Å²) in [7, 11) is 0. The number of nitrogens with zero attached hydrogens (tertiary/aromatic N) is 1. The van der Waals surface area contributed by atoms with Crippen molar-refractivity contribution in [2.45, 2.75) is 39.0 Å². The molecule has 1 saturated carbocycles. The van der Waals surface area contributed by atoms with E-state index in [4.69, 9.17) is 0 Å². The summed E-state index contributed by atoms with van der Waals surface area (Å²) in [6.45, 7) is 2.80. The van der Waals surface area contributed by atoms with Crippen LogP contribution >= 0.6 is 0 Å². The number of hydrogen-bond acceptors (Lipinski definition) is 4. The maximum atomic E-state index is 11.2. The van der Waals surface area contributed by atoms with E-state index in [0.717, 1.165) is 19.3 Å². The van der Waals surface area contributed by atoms with Crippen LogP contribution in [0.1, 0.15) is 49.4 Å². The van der Waals surface area contributed by atoms with Gasteiger partial charge < -0.3 is 10.4 Å². The molecule has 0 radical (unpaired) electrons. The monoisotopic (exact) mass is 292 g/mol. The lowest BCUT2D eigenvalue weighted by Gasteiger charge is -2.28. The van der Waals surface area contributed by atoms with Gasteiger partial charge in [-0.25, -0.2) is 4.79 Å². The molecule has 0 aliphatic heterocycles. The molecule has 0 bridgehead atoms. The number of nitrogens with one attached hydrogen (secondary N) is 1. The van der Waals surface area contributed by atoms with E-state index in [9.17, 15) is 20.0 Å². The number of non-ortho nitro benzene ring substituents is 1. The normalized spacial score (nSPS) is 16.6. The van der Waals surface area contributed by atoms with Gasteiger partial charge in [-0.1, -0.05) is 19.8 Å².